The summed E-state index contributed by atoms with van der Waals surface area (Å²) in [4.78, 5) is 0. The monoisotopic (exact) mass is 216 g/mol. The number of rotatable bonds is 10. The summed E-state index contributed by atoms with van der Waals surface area (Å²) in [5, 5.41) is 0. The summed E-state index contributed by atoms with van der Waals surface area (Å²) in [6.07, 6.45) is 9.90. The molecule has 0 fully saturated rings. The fourth-order valence-corrected chi connectivity index (χ4v) is 2.66. The molecule has 86 valence electrons. The number of hydrogen-bond acceptors (Lipinski definition) is 1. The number of unbranched alkanes of at least 4 members (excludes halogenated alkanes) is 3. The summed E-state index contributed by atoms with van der Waals surface area (Å²) in [6.45, 7) is 6.96. The number of thioether (sulfide) groups is 1. The van der Waals surface area contributed by atoms with Crippen molar-refractivity contribution in [2.24, 2.45) is 5.92 Å². The Morgan fingerprint density at radius 2 is 1.64 bits per heavy atom. The van der Waals surface area contributed by atoms with Gasteiger partial charge < -0.3 is 0 Å². The van der Waals surface area contributed by atoms with Crippen molar-refractivity contribution in [2.75, 3.05) is 11.5 Å². The molecule has 1 heteroatoms. The fraction of sp³-hybridized carbons (Fsp3) is 1.00. The first-order chi connectivity index (χ1) is 6.81. The molecule has 14 heavy (non-hydrogen) atoms. The van der Waals surface area contributed by atoms with E-state index in [2.05, 4.69) is 32.5 Å². The van der Waals surface area contributed by atoms with Crippen LogP contribution in [0.2, 0.25) is 0 Å². The van der Waals surface area contributed by atoms with E-state index in [-0.39, 0.29) is 0 Å². The summed E-state index contributed by atoms with van der Waals surface area (Å²) in [5.41, 5.74) is 0. The van der Waals surface area contributed by atoms with Gasteiger partial charge in [-0.05, 0) is 30.3 Å². The van der Waals surface area contributed by atoms with Gasteiger partial charge in [-0.15, -0.1) is 0 Å². The average molecular weight is 216 g/mol. The van der Waals surface area contributed by atoms with Gasteiger partial charge in [0.25, 0.3) is 0 Å². The molecule has 0 saturated heterocycles. The smallest absolute Gasteiger partial charge is 0.00650 e. The Morgan fingerprint density at radius 3 is 2.29 bits per heavy atom. The second-order valence-electron chi connectivity index (χ2n) is 4.36. The predicted octanol–water partition coefficient (Wildman–Crippen LogP) is 5.13. The largest absolute Gasteiger partial charge is 0.162 e. The molecule has 0 radical (unpaired) electrons. The van der Waals surface area contributed by atoms with Crippen molar-refractivity contribution in [1.29, 1.82) is 0 Å². The maximum Gasteiger partial charge on any atom is -0.00650 e. The van der Waals surface area contributed by atoms with Crippen molar-refractivity contribution in [3.8, 4) is 0 Å². The standard InChI is InChI=1S/C13H28S/c1-4-6-7-8-9-13(3)10-12-14-11-5-2/h13H,4-12H2,1-3H3. The van der Waals surface area contributed by atoms with E-state index in [9.17, 15) is 0 Å². The lowest BCUT2D eigenvalue weighted by atomic mass is 10.0. The zero-order valence-corrected chi connectivity index (χ0v) is 11.2. The van der Waals surface area contributed by atoms with Crippen LogP contribution in [0.15, 0.2) is 0 Å². The molecule has 1 unspecified atom stereocenters. The normalized spacial score (nSPS) is 13.1. The van der Waals surface area contributed by atoms with Crippen LogP contribution in [0.5, 0.6) is 0 Å². The molecule has 0 bridgehead atoms. The lowest BCUT2D eigenvalue weighted by Gasteiger charge is -2.10. The highest BCUT2D eigenvalue weighted by Gasteiger charge is 2.01. The second kappa shape index (κ2) is 11.4. The molecule has 1 atom stereocenters. The third kappa shape index (κ3) is 10.4. The molecule has 0 aliphatic rings. The molecule has 0 spiro atoms. The van der Waals surface area contributed by atoms with Crippen molar-refractivity contribution < 1.29 is 0 Å². The van der Waals surface area contributed by atoms with Crippen molar-refractivity contribution >= 4 is 11.8 Å². The minimum Gasteiger partial charge on any atom is -0.162 e. The van der Waals surface area contributed by atoms with E-state index < -0.39 is 0 Å². The Labute approximate surface area is 95.2 Å². The molecule has 0 aromatic carbocycles. The van der Waals surface area contributed by atoms with Crippen LogP contribution in [0, 0.1) is 5.92 Å². The van der Waals surface area contributed by atoms with Crippen LogP contribution in [0.4, 0.5) is 0 Å². The third-order valence-electron chi connectivity index (χ3n) is 2.65. The highest BCUT2D eigenvalue weighted by Crippen LogP contribution is 2.16. The number of hydrogen-bond donors (Lipinski definition) is 0. The quantitative estimate of drug-likeness (QED) is 0.456. The van der Waals surface area contributed by atoms with Crippen molar-refractivity contribution in [1.82, 2.24) is 0 Å². The van der Waals surface area contributed by atoms with E-state index >= 15 is 0 Å². The summed E-state index contributed by atoms with van der Waals surface area (Å²) in [7, 11) is 0. The molecule has 0 aromatic heterocycles. The summed E-state index contributed by atoms with van der Waals surface area (Å²) in [5.74, 6) is 3.68. The molecule has 0 aliphatic carbocycles. The molecule has 0 saturated carbocycles. The molecule has 0 heterocycles. The SMILES string of the molecule is CCCCCCC(C)CCSCCC. The van der Waals surface area contributed by atoms with E-state index in [0.29, 0.717) is 0 Å². The van der Waals surface area contributed by atoms with E-state index in [0.717, 1.165) is 5.92 Å². The summed E-state index contributed by atoms with van der Waals surface area (Å²) in [6, 6.07) is 0. The van der Waals surface area contributed by atoms with Gasteiger partial charge in [0.05, 0.1) is 0 Å². The van der Waals surface area contributed by atoms with Crippen LogP contribution < -0.4 is 0 Å². The van der Waals surface area contributed by atoms with Crippen LogP contribution >= 0.6 is 11.8 Å². The Bertz CT molecular complexity index is 89.4. The first-order valence-electron chi connectivity index (χ1n) is 6.39. The van der Waals surface area contributed by atoms with Crippen LogP contribution in [0.1, 0.15) is 65.7 Å². The Morgan fingerprint density at radius 1 is 0.857 bits per heavy atom. The van der Waals surface area contributed by atoms with Crippen LogP contribution in [0.3, 0.4) is 0 Å². The van der Waals surface area contributed by atoms with Gasteiger partial charge in [-0.2, -0.15) is 11.8 Å². The molecule has 0 rings (SSSR count). The topological polar surface area (TPSA) is 0 Å². The zero-order valence-electron chi connectivity index (χ0n) is 10.3. The minimum atomic E-state index is 0.955. The molecule has 0 N–H and O–H groups in total. The van der Waals surface area contributed by atoms with Crippen LogP contribution in [0.25, 0.3) is 0 Å². The van der Waals surface area contributed by atoms with Gasteiger partial charge in [0.2, 0.25) is 0 Å². The lowest BCUT2D eigenvalue weighted by molar-refractivity contribution is 0.480. The Kier molecular flexibility index (Phi) is 11.7. The van der Waals surface area contributed by atoms with E-state index in [4.69, 9.17) is 0 Å². The highest BCUT2D eigenvalue weighted by molar-refractivity contribution is 7.99. The molecular formula is C13H28S. The van der Waals surface area contributed by atoms with Gasteiger partial charge in [-0.1, -0.05) is 52.9 Å². The summed E-state index contributed by atoms with van der Waals surface area (Å²) < 4.78 is 0. The minimum absolute atomic E-state index is 0.955. The average Bonchev–Trinajstić information content (AvgIpc) is 2.19. The van der Waals surface area contributed by atoms with Gasteiger partial charge in [-0.3, -0.25) is 0 Å². The molecule has 0 aromatic rings. The lowest BCUT2D eigenvalue weighted by Crippen LogP contribution is -1.97. The first-order valence-corrected chi connectivity index (χ1v) is 7.54. The van der Waals surface area contributed by atoms with Crippen molar-refractivity contribution in [2.45, 2.75) is 65.7 Å². The highest BCUT2D eigenvalue weighted by atomic mass is 32.2. The van der Waals surface area contributed by atoms with Crippen LogP contribution in [-0.2, 0) is 0 Å². The molecule has 0 amide bonds. The maximum atomic E-state index is 2.42. The predicted molar refractivity (Wildman–Crippen MR) is 70.2 cm³/mol. The van der Waals surface area contributed by atoms with Gasteiger partial charge >= 0.3 is 0 Å². The second-order valence-corrected chi connectivity index (χ2v) is 5.58. The molecule has 0 aliphatic heterocycles. The van der Waals surface area contributed by atoms with Crippen molar-refractivity contribution in [3.63, 3.8) is 0 Å². The van der Waals surface area contributed by atoms with Gasteiger partial charge in [0.15, 0.2) is 0 Å². The Hall–Kier alpha value is 0.350. The molecule has 0 nitrogen and oxygen atoms in total. The zero-order chi connectivity index (χ0) is 10.6. The molecular weight excluding hydrogens is 188 g/mol. The van der Waals surface area contributed by atoms with Crippen LogP contribution in [-0.4, -0.2) is 11.5 Å². The fourth-order valence-electron chi connectivity index (χ4n) is 1.59. The van der Waals surface area contributed by atoms with Gasteiger partial charge in [0.1, 0.15) is 0 Å². The van der Waals surface area contributed by atoms with E-state index in [1.807, 2.05) is 0 Å². The summed E-state index contributed by atoms with van der Waals surface area (Å²) >= 11 is 2.13. The van der Waals surface area contributed by atoms with E-state index in [1.165, 1.54) is 56.5 Å². The third-order valence-corrected chi connectivity index (χ3v) is 3.88. The Balaban J connectivity index is 3.07. The van der Waals surface area contributed by atoms with Gasteiger partial charge in [0, 0.05) is 0 Å². The van der Waals surface area contributed by atoms with Crippen molar-refractivity contribution in [3.05, 3.63) is 0 Å². The van der Waals surface area contributed by atoms with E-state index in [1.54, 1.807) is 0 Å². The first kappa shape index (κ1) is 14.3. The maximum absolute atomic E-state index is 2.42. The van der Waals surface area contributed by atoms with Gasteiger partial charge in [-0.25, -0.2) is 0 Å².